The third-order valence-electron chi connectivity index (χ3n) is 13.3. The van der Waals surface area contributed by atoms with E-state index in [4.69, 9.17) is 28.9 Å². The van der Waals surface area contributed by atoms with Crippen molar-refractivity contribution in [3.05, 3.63) is 96.3 Å². The van der Waals surface area contributed by atoms with Crippen LogP contribution in [-0.2, 0) is 14.3 Å². The number of likely N-dealkylation sites (tertiary alicyclic amines) is 2. The fraction of sp³-hybridized carbons (Fsp3) is 0.429. The molecule has 0 saturated carbocycles. The van der Waals surface area contributed by atoms with E-state index < -0.39 is 37.0 Å². The number of rotatable bonds is 15. The molecule has 2 amide bonds. The first-order valence-corrected chi connectivity index (χ1v) is 22.8. The summed E-state index contributed by atoms with van der Waals surface area (Å²) >= 11 is 0. The van der Waals surface area contributed by atoms with Crippen LogP contribution in [0.25, 0.3) is 44.7 Å². The summed E-state index contributed by atoms with van der Waals surface area (Å²) in [5.41, 5.74) is 7.34. The van der Waals surface area contributed by atoms with Crippen molar-refractivity contribution < 1.29 is 38.7 Å². The van der Waals surface area contributed by atoms with Crippen LogP contribution in [0, 0.1) is 5.92 Å². The number of aliphatic hydroxyl groups is 2. The third kappa shape index (κ3) is 8.52. The number of carbonyl (C=O) groups is 2. The lowest BCUT2D eigenvalue weighted by molar-refractivity contribution is -0.134. The molecule has 2 fully saturated rings. The van der Waals surface area contributed by atoms with E-state index in [9.17, 15) is 19.8 Å². The maximum atomic E-state index is 13.6. The summed E-state index contributed by atoms with van der Waals surface area (Å²) in [5, 5.41) is 28.5. The average molecular weight is 902 g/mol. The van der Waals surface area contributed by atoms with Crippen molar-refractivity contribution in [2.24, 2.45) is 5.92 Å². The second-order valence-corrected chi connectivity index (χ2v) is 17.6. The summed E-state index contributed by atoms with van der Waals surface area (Å²) in [6, 6.07) is 21.2. The topological polar surface area (TPSA) is 204 Å². The Balaban J connectivity index is 1.02. The third-order valence-corrected chi connectivity index (χ3v) is 13.3. The van der Waals surface area contributed by atoms with Crippen molar-refractivity contribution in [2.45, 2.75) is 95.9 Å². The summed E-state index contributed by atoms with van der Waals surface area (Å²) in [6.45, 7) is 7.13. The fourth-order valence-corrected chi connectivity index (χ4v) is 9.87. The molecule has 9 rings (SSSR count). The first-order valence-electron chi connectivity index (χ1n) is 22.8. The molecule has 17 nitrogen and oxygen atoms in total. The SMILES string of the molecule is CCC(NC(=O)OC)C(=O)N1CCCC1c1ncc(-c2ccc3c(c2)OC(c2cccc(OC)c2)n2c-3cc3cc(-c4cnc(C5CCCN5C(O)C(NC(O)OC)C(C)C)[nH]4)ccc32)[nH]1. The molecule has 3 aliphatic rings. The second-order valence-electron chi connectivity index (χ2n) is 17.6. The van der Waals surface area contributed by atoms with E-state index in [0.717, 1.165) is 87.5 Å². The lowest BCUT2D eigenvalue weighted by Gasteiger charge is -2.37. The largest absolute Gasteiger partial charge is 0.497 e. The Hall–Kier alpha value is -6.24. The quantitative estimate of drug-likeness (QED) is 0.0588. The molecular weight excluding hydrogens is 843 g/mol. The van der Waals surface area contributed by atoms with E-state index in [0.29, 0.717) is 31.1 Å². The minimum atomic E-state index is -1.19. The number of hydrogen-bond acceptors (Lipinski definition) is 12. The molecule has 0 aliphatic carbocycles. The number of carbonyl (C=O) groups excluding carboxylic acids is 2. The molecular formula is C49H59N9O8. The van der Waals surface area contributed by atoms with Gasteiger partial charge < -0.3 is 53.9 Å². The number of fused-ring (bicyclic) bond motifs is 5. The lowest BCUT2D eigenvalue weighted by Crippen LogP contribution is -2.55. The highest BCUT2D eigenvalue weighted by Crippen LogP contribution is 2.46. The highest BCUT2D eigenvalue weighted by Gasteiger charge is 2.39. The van der Waals surface area contributed by atoms with Gasteiger partial charge >= 0.3 is 6.09 Å². The number of nitrogens with zero attached hydrogens (tertiary/aromatic N) is 5. The van der Waals surface area contributed by atoms with Gasteiger partial charge in [-0.15, -0.1) is 0 Å². The summed E-state index contributed by atoms with van der Waals surface area (Å²) in [7, 11) is 4.36. The molecule has 66 heavy (non-hydrogen) atoms. The molecule has 3 aromatic heterocycles. The molecule has 3 aliphatic heterocycles. The van der Waals surface area contributed by atoms with Crippen molar-refractivity contribution in [3.63, 3.8) is 0 Å². The molecule has 0 radical (unpaired) electrons. The predicted molar refractivity (Wildman–Crippen MR) is 247 cm³/mol. The molecule has 3 aromatic carbocycles. The van der Waals surface area contributed by atoms with Crippen molar-refractivity contribution >= 4 is 22.9 Å². The Bertz CT molecular complexity index is 2690. The Morgan fingerprint density at radius 3 is 2.32 bits per heavy atom. The van der Waals surface area contributed by atoms with Crippen LogP contribution in [0.1, 0.15) is 88.4 Å². The number of alkyl carbamates (subject to hydrolysis) is 1. The molecule has 6 N–H and O–H groups in total. The molecule has 2 saturated heterocycles. The van der Waals surface area contributed by atoms with Gasteiger partial charge in [0, 0.05) is 47.8 Å². The predicted octanol–water partition coefficient (Wildman–Crippen LogP) is 6.83. The zero-order chi connectivity index (χ0) is 46.2. The van der Waals surface area contributed by atoms with E-state index in [2.05, 4.69) is 61.6 Å². The van der Waals surface area contributed by atoms with Crippen LogP contribution in [0.3, 0.4) is 0 Å². The Kier molecular flexibility index (Phi) is 12.9. The zero-order valence-electron chi connectivity index (χ0n) is 38.2. The number of amides is 2. The average Bonchev–Trinajstić information content (AvgIpc) is 4.20. The van der Waals surface area contributed by atoms with E-state index in [1.54, 1.807) is 18.2 Å². The van der Waals surface area contributed by atoms with Crippen LogP contribution >= 0.6 is 0 Å². The number of benzene rings is 3. The van der Waals surface area contributed by atoms with Gasteiger partial charge in [0.05, 0.1) is 67.3 Å². The van der Waals surface area contributed by atoms with Gasteiger partial charge in [-0.05, 0) is 80.5 Å². The van der Waals surface area contributed by atoms with Crippen molar-refractivity contribution in [3.8, 4) is 45.3 Å². The maximum absolute atomic E-state index is 13.6. The number of methoxy groups -OCH3 is 3. The first-order chi connectivity index (χ1) is 32.0. The summed E-state index contributed by atoms with van der Waals surface area (Å²) in [6.07, 6.45) is 4.18. The monoisotopic (exact) mass is 901 g/mol. The van der Waals surface area contributed by atoms with Crippen LogP contribution < -0.4 is 20.1 Å². The van der Waals surface area contributed by atoms with E-state index in [1.165, 1.54) is 14.2 Å². The molecule has 6 aromatic rings. The van der Waals surface area contributed by atoms with Gasteiger partial charge in [0.15, 0.2) is 0 Å². The van der Waals surface area contributed by atoms with Gasteiger partial charge in [0.1, 0.15) is 35.4 Å². The van der Waals surface area contributed by atoms with Gasteiger partial charge in [-0.3, -0.25) is 15.0 Å². The number of imidazole rings is 2. The van der Waals surface area contributed by atoms with Crippen molar-refractivity contribution in [2.75, 3.05) is 34.4 Å². The zero-order valence-corrected chi connectivity index (χ0v) is 38.2. The molecule has 348 valence electrons. The number of aromatic amines is 2. The molecule has 6 heterocycles. The molecule has 0 spiro atoms. The number of aromatic nitrogens is 5. The van der Waals surface area contributed by atoms with Gasteiger partial charge in [-0.1, -0.05) is 45.0 Å². The van der Waals surface area contributed by atoms with Gasteiger partial charge in [0.25, 0.3) is 0 Å². The van der Waals surface area contributed by atoms with E-state index >= 15 is 0 Å². The number of H-pyrrole nitrogens is 2. The normalized spacial score (nSPS) is 20.1. The van der Waals surface area contributed by atoms with Crippen LogP contribution in [0.4, 0.5) is 4.79 Å². The minimum absolute atomic E-state index is 0.0260. The van der Waals surface area contributed by atoms with Crippen molar-refractivity contribution in [1.29, 1.82) is 0 Å². The molecule has 17 heteroatoms. The standard InChI is InChI=1S/C49H59N9O8/c1-7-34(54-48(61)64-5)45(59)56-19-9-13-38(56)43-51-26-36(53-43)29-15-17-33-40-23-31-21-28(16-18-37(31)58(40)47(66-41(33)24-29)30-11-8-12-32(22-30)63-4)35-25-50-44(52-35)39-14-10-20-57(39)46(60)42(27(2)3)55-49(62)65-6/h8,11-12,15-18,21-27,34,38-39,42,46-47,49,55,60,62H,7,9-10,13-14,19-20H2,1-6H3,(H,50,52)(H,51,53)(H,54,61). The lowest BCUT2D eigenvalue weighted by atomic mass is 10.0. The fourth-order valence-electron chi connectivity index (χ4n) is 9.87. The summed E-state index contributed by atoms with van der Waals surface area (Å²) < 4.78 is 24.7. The highest BCUT2D eigenvalue weighted by atomic mass is 16.6. The number of aliphatic hydroxyl groups excluding tert-OH is 2. The first kappa shape index (κ1) is 44.9. The Labute approximate surface area is 383 Å². The van der Waals surface area contributed by atoms with Gasteiger partial charge in [-0.2, -0.15) is 0 Å². The van der Waals surface area contributed by atoms with Crippen LogP contribution in [0.2, 0.25) is 0 Å². The number of hydrogen-bond donors (Lipinski definition) is 6. The number of ether oxygens (including phenoxy) is 4. The second kappa shape index (κ2) is 18.9. The van der Waals surface area contributed by atoms with E-state index in [1.807, 2.05) is 62.2 Å². The van der Waals surface area contributed by atoms with Crippen LogP contribution in [0.15, 0.2) is 79.1 Å². The smallest absolute Gasteiger partial charge is 0.407 e. The highest BCUT2D eigenvalue weighted by molar-refractivity contribution is 5.92. The number of nitrogens with one attached hydrogen (secondary N) is 4. The van der Waals surface area contributed by atoms with E-state index in [-0.39, 0.29) is 23.9 Å². The van der Waals surface area contributed by atoms with Gasteiger partial charge in [0.2, 0.25) is 18.5 Å². The Morgan fingerprint density at radius 2 is 1.61 bits per heavy atom. The summed E-state index contributed by atoms with van der Waals surface area (Å²) in [5.74, 6) is 2.76. The Morgan fingerprint density at radius 1 is 0.894 bits per heavy atom. The molecule has 7 unspecified atom stereocenters. The van der Waals surface area contributed by atoms with Crippen LogP contribution in [0.5, 0.6) is 11.5 Å². The minimum Gasteiger partial charge on any atom is -0.497 e. The molecule has 7 atom stereocenters. The molecule has 0 bridgehead atoms. The van der Waals surface area contributed by atoms with Crippen LogP contribution in [-0.4, -0.2) is 116 Å². The van der Waals surface area contributed by atoms with Gasteiger partial charge in [-0.25, -0.2) is 14.8 Å². The summed E-state index contributed by atoms with van der Waals surface area (Å²) in [4.78, 5) is 46.1. The maximum Gasteiger partial charge on any atom is 0.407 e. The van der Waals surface area contributed by atoms with Crippen molar-refractivity contribution in [1.82, 2.24) is 44.9 Å².